The molecular weight excluding hydrogens is 480 g/mol. The molecule has 0 aliphatic carbocycles. The number of carbonyl (C=O) groups excluding carboxylic acids is 3. The highest BCUT2D eigenvalue weighted by Gasteiger charge is 2.52. The molecule has 1 N–H and O–H groups in total. The first kappa shape index (κ1) is 25.4. The number of rotatable bonds is 5. The zero-order valence-electron chi connectivity index (χ0n) is 22.4. The van der Waals surface area contributed by atoms with Crippen molar-refractivity contribution < 1.29 is 14.4 Å². The summed E-state index contributed by atoms with van der Waals surface area (Å²) in [6.07, 6.45) is 5.06. The molecule has 1 aromatic carbocycles. The molecule has 5 rings (SSSR count). The summed E-state index contributed by atoms with van der Waals surface area (Å²) in [4.78, 5) is 52.5. The highest BCUT2D eigenvalue weighted by molar-refractivity contribution is 6.23. The zero-order valence-corrected chi connectivity index (χ0v) is 22.4. The molecule has 2 aromatic heterocycles. The maximum absolute atomic E-state index is 13.7. The highest BCUT2D eigenvalue weighted by Crippen LogP contribution is 2.38. The van der Waals surface area contributed by atoms with Crippen molar-refractivity contribution in [3.63, 3.8) is 0 Å². The van der Waals surface area contributed by atoms with Crippen LogP contribution in [0.4, 0.5) is 22.0 Å². The maximum atomic E-state index is 13.7. The molecule has 3 aromatic rings. The quantitative estimate of drug-likeness (QED) is 0.502. The van der Waals surface area contributed by atoms with Crippen molar-refractivity contribution in [1.29, 1.82) is 0 Å². The van der Waals surface area contributed by atoms with E-state index >= 15 is 0 Å². The largest absolute Gasteiger partial charge is 0.340 e. The third-order valence-corrected chi connectivity index (χ3v) is 7.41. The minimum atomic E-state index is -1.04. The molecule has 4 amide bonds. The Bertz CT molecular complexity index is 1420. The lowest BCUT2D eigenvalue weighted by atomic mass is 9.78. The smallest absolute Gasteiger partial charge is 0.332 e. The fourth-order valence-corrected chi connectivity index (χ4v) is 5.29. The van der Waals surface area contributed by atoms with E-state index < -0.39 is 5.54 Å². The van der Waals surface area contributed by atoms with Gasteiger partial charge in [0.05, 0.1) is 5.69 Å². The first-order valence-corrected chi connectivity index (χ1v) is 12.6. The number of benzene rings is 1. The Hall–Kier alpha value is -4.27. The van der Waals surface area contributed by atoms with Crippen molar-refractivity contribution in [2.24, 2.45) is 0 Å². The number of anilines is 3. The van der Waals surface area contributed by atoms with Gasteiger partial charge in [0, 0.05) is 56.3 Å². The number of pyridine rings is 2. The molecule has 9 heteroatoms. The highest BCUT2D eigenvalue weighted by atomic mass is 16.2. The zero-order chi connectivity index (χ0) is 27.2. The summed E-state index contributed by atoms with van der Waals surface area (Å²) >= 11 is 0. The number of imide groups is 1. The average molecular weight is 513 g/mol. The van der Waals surface area contributed by atoms with Crippen molar-refractivity contribution in [2.45, 2.75) is 58.7 Å². The van der Waals surface area contributed by atoms with Crippen LogP contribution in [0.2, 0.25) is 0 Å². The van der Waals surface area contributed by atoms with Gasteiger partial charge in [-0.15, -0.1) is 0 Å². The molecule has 1 saturated heterocycles. The molecular formula is C29H32N6O3. The average Bonchev–Trinajstić information content (AvgIpc) is 3.03. The Morgan fingerprint density at radius 2 is 1.74 bits per heavy atom. The topological polar surface area (TPSA) is 98.7 Å². The van der Waals surface area contributed by atoms with Crippen LogP contribution in [0.15, 0.2) is 61.1 Å². The van der Waals surface area contributed by atoms with Crippen LogP contribution in [-0.4, -0.2) is 49.7 Å². The molecule has 0 radical (unpaired) electrons. The van der Waals surface area contributed by atoms with Crippen molar-refractivity contribution >= 4 is 35.0 Å². The van der Waals surface area contributed by atoms with E-state index in [2.05, 4.69) is 29.1 Å². The third kappa shape index (κ3) is 4.49. The minimum absolute atomic E-state index is 0.00454. The molecule has 38 heavy (non-hydrogen) atoms. The summed E-state index contributed by atoms with van der Waals surface area (Å²) in [5, 5.41) is 3.23. The van der Waals surface area contributed by atoms with Crippen molar-refractivity contribution in [3.05, 3.63) is 77.7 Å². The number of nitrogens with zero attached hydrogens (tertiary/aromatic N) is 5. The molecule has 0 atom stereocenters. The van der Waals surface area contributed by atoms with Crippen LogP contribution in [-0.2, 0) is 28.1 Å². The van der Waals surface area contributed by atoms with Crippen LogP contribution >= 0.6 is 0 Å². The number of aromatic nitrogens is 2. The van der Waals surface area contributed by atoms with Gasteiger partial charge in [0.2, 0.25) is 5.91 Å². The summed E-state index contributed by atoms with van der Waals surface area (Å²) in [5.74, 6) is 0.351. The van der Waals surface area contributed by atoms with E-state index in [1.807, 2.05) is 42.5 Å². The molecule has 2 aliphatic heterocycles. The van der Waals surface area contributed by atoms with E-state index in [1.54, 1.807) is 49.2 Å². The predicted octanol–water partition coefficient (Wildman–Crippen LogP) is 4.61. The molecule has 1 fully saturated rings. The lowest BCUT2D eigenvalue weighted by Crippen LogP contribution is -2.44. The number of carbonyl (C=O) groups is 3. The Kier molecular flexibility index (Phi) is 6.17. The van der Waals surface area contributed by atoms with Crippen LogP contribution in [0.3, 0.4) is 0 Å². The van der Waals surface area contributed by atoms with Crippen LogP contribution in [0.1, 0.15) is 51.3 Å². The fourth-order valence-electron chi connectivity index (χ4n) is 5.29. The van der Waals surface area contributed by atoms with Gasteiger partial charge < -0.3 is 15.1 Å². The predicted molar refractivity (Wildman–Crippen MR) is 145 cm³/mol. The van der Waals surface area contributed by atoms with E-state index in [9.17, 15) is 14.4 Å². The minimum Gasteiger partial charge on any atom is -0.340 e. The van der Waals surface area contributed by atoms with Crippen molar-refractivity contribution in [1.82, 2.24) is 19.8 Å². The summed E-state index contributed by atoms with van der Waals surface area (Å²) in [6, 6.07) is 12.7. The van der Waals surface area contributed by atoms with E-state index in [1.165, 1.54) is 4.90 Å². The number of nitrogens with one attached hydrogen (secondary N) is 1. The number of amides is 4. The summed E-state index contributed by atoms with van der Waals surface area (Å²) < 4.78 is 0. The molecule has 0 bridgehead atoms. The molecule has 2 aliphatic rings. The first-order chi connectivity index (χ1) is 18.0. The van der Waals surface area contributed by atoms with Crippen LogP contribution in [0.25, 0.3) is 0 Å². The van der Waals surface area contributed by atoms with Crippen LogP contribution < -0.4 is 10.2 Å². The molecule has 0 unspecified atom stereocenters. The van der Waals surface area contributed by atoms with Gasteiger partial charge >= 0.3 is 6.03 Å². The second kappa shape index (κ2) is 9.24. The van der Waals surface area contributed by atoms with Crippen molar-refractivity contribution in [3.8, 4) is 0 Å². The van der Waals surface area contributed by atoms with E-state index in [0.29, 0.717) is 24.6 Å². The van der Waals surface area contributed by atoms with Gasteiger partial charge in [-0.1, -0.05) is 19.9 Å². The van der Waals surface area contributed by atoms with E-state index in [4.69, 9.17) is 0 Å². The second-order valence-electron chi connectivity index (χ2n) is 11.1. The molecule has 4 heterocycles. The summed E-state index contributed by atoms with van der Waals surface area (Å²) in [6.45, 7) is 10.6. The molecule has 0 spiro atoms. The summed E-state index contributed by atoms with van der Waals surface area (Å²) in [7, 11) is 0. The lowest BCUT2D eigenvalue weighted by molar-refractivity contribution is -0.130. The Morgan fingerprint density at radius 1 is 1.00 bits per heavy atom. The lowest BCUT2D eigenvalue weighted by Gasteiger charge is -2.40. The standard InChI is InChI=1S/C29H32N6O3/c1-19(36)33-17-21-15-23(6-7-24(21)28(2,3)18-33)35-26(37)29(4,5)34(27(35)38)16-20-8-13-31-25(14-20)32-22-9-11-30-12-10-22/h6-15H,16-18H2,1-5H3,(H,30,31,32). The van der Waals surface area contributed by atoms with Gasteiger partial charge in [-0.3, -0.25) is 14.6 Å². The van der Waals surface area contributed by atoms with Gasteiger partial charge in [0.15, 0.2) is 0 Å². The molecule has 196 valence electrons. The number of hydrogen-bond donors (Lipinski definition) is 1. The van der Waals surface area contributed by atoms with Gasteiger partial charge in [-0.2, -0.15) is 0 Å². The number of hydrogen-bond acceptors (Lipinski definition) is 6. The monoisotopic (exact) mass is 512 g/mol. The van der Waals surface area contributed by atoms with Gasteiger partial charge in [-0.05, 0) is 66.9 Å². The van der Waals surface area contributed by atoms with E-state index in [-0.39, 0.29) is 29.8 Å². The molecule has 9 nitrogen and oxygen atoms in total. The van der Waals surface area contributed by atoms with Gasteiger partial charge in [0.25, 0.3) is 5.91 Å². The van der Waals surface area contributed by atoms with Gasteiger partial charge in [-0.25, -0.2) is 14.7 Å². The number of urea groups is 1. The van der Waals surface area contributed by atoms with Crippen LogP contribution in [0, 0.1) is 0 Å². The number of fused-ring (bicyclic) bond motifs is 1. The SMILES string of the molecule is CC(=O)N1Cc2cc(N3C(=O)N(Cc4ccnc(Nc5ccncc5)c4)C(C)(C)C3=O)ccc2C(C)(C)C1. The van der Waals surface area contributed by atoms with Gasteiger partial charge in [0.1, 0.15) is 11.4 Å². The normalized spacial score (nSPS) is 18.0. The van der Waals surface area contributed by atoms with Crippen molar-refractivity contribution in [2.75, 3.05) is 16.8 Å². The summed E-state index contributed by atoms with van der Waals surface area (Å²) in [5.41, 5.74) is 3.02. The van der Waals surface area contributed by atoms with Crippen LogP contribution in [0.5, 0.6) is 0 Å². The maximum Gasteiger partial charge on any atom is 0.332 e. The second-order valence-corrected chi connectivity index (χ2v) is 11.1. The Morgan fingerprint density at radius 3 is 2.45 bits per heavy atom. The Labute approximate surface area is 222 Å². The first-order valence-electron chi connectivity index (χ1n) is 12.6. The Balaban J connectivity index is 1.42. The van der Waals surface area contributed by atoms with E-state index in [0.717, 1.165) is 22.4 Å². The molecule has 0 saturated carbocycles. The third-order valence-electron chi connectivity index (χ3n) is 7.41. The fraction of sp³-hybridized carbons (Fsp3) is 0.345.